The fraction of sp³-hybridized carbons (Fsp3) is 0.636. The largest absolute Gasteiger partial charge is 0.356 e. The number of nitrogens with two attached hydrogens (primary N) is 1. The molecule has 0 unspecified atom stereocenters. The van der Waals surface area contributed by atoms with Gasteiger partial charge in [0.2, 0.25) is 10.0 Å². The molecule has 0 bridgehead atoms. The van der Waals surface area contributed by atoms with E-state index >= 15 is 0 Å². The summed E-state index contributed by atoms with van der Waals surface area (Å²) >= 11 is 0. The quantitative estimate of drug-likeness (QED) is 0.843. The highest BCUT2D eigenvalue weighted by atomic mass is 32.2. The number of aryl methyl sites for hydroxylation is 1. The van der Waals surface area contributed by atoms with E-state index in [4.69, 9.17) is 5.73 Å². The molecule has 0 atom stereocenters. The predicted molar refractivity (Wildman–Crippen MR) is 68.1 cm³/mol. The summed E-state index contributed by atoms with van der Waals surface area (Å²) in [6.07, 6.45) is 3.32. The summed E-state index contributed by atoms with van der Waals surface area (Å²) in [5, 5.41) is 0. The van der Waals surface area contributed by atoms with Crippen molar-refractivity contribution in [2.24, 2.45) is 18.2 Å². The Morgan fingerprint density at radius 1 is 1.47 bits per heavy atom. The predicted octanol–water partition coefficient (Wildman–Crippen LogP) is 0.631. The van der Waals surface area contributed by atoms with Crippen molar-refractivity contribution < 1.29 is 8.42 Å². The maximum absolute atomic E-state index is 12.2. The van der Waals surface area contributed by atoms with E-state index in [9.17, 15) is 8.42 Å². The Bertz CT molecular complexity index is 477. The Labute approximate surface area is 103 Å². The summed E-state index contributed by atoms with van der Waals surface area (Å²) in [6.45, 7) is 4.75. The van der Waals surface area contributed by atoms with Crippen molar-refractivity contribution in [1.29, 1.82) is 0 Å². The number of sulfonamides is 1. The van der Waals surface area contributed by atoms with Crippen molar-refractivity contribution in [3.8, 4) is 0 Å². The van der Waals surface area contributed by atoms with Gasteiger partial charge in [0.15, 0.2) is 0 Å². The highest BCUT2D eigenvalue weighted by Crippen LogP contribution is 2.20. The summed E-state index contributed by atoms with van der Waals surface area (Å²) < 4.78 is 27.5. The van der Waals surface area contributed by atoms with Gasteiger partial charge in [-0.2, -0.15) is 0 Å². The zero-order valence-electron chi connectivity index (χ0n) is 10.8. The van der Waals surface area contributed by atoms with Crippen LogP contribution in [0.15, 0.2) is 23.4 Å². The first-order valence-corrected chi connectivity index (χ1v) is 6.91. The van der Waals surface area contributed by atoms with Gasteiger partial charge in [-0.25, -0.2) is 12.7 Å². The van der Waals surface area contributed by atoms with E-state index in [-0.39, 0.29) is 5.41 Å². The molecule has 1 rings (SSSR count). The molecule has 2 N–H and O–H groups in total. The molecule has 0 fully saturated rings. The summed E-state index contributed by atoms with van der Waals surface area (Å²) in [4.78, 5) is 0.315. The Hall–Kier alpha value is -0.850. The van der Waals surface area contributed by atoms with Crippen molar-refractivity contribution in [3.05, 3.63) is 18.5 Å². The Balaban J connectivity index is 2.92. The van der Waals surface area contributed by atoms with Crippen LogP contribution in [0.1, 0.15) is 13.8 Å². The van der Waals surface area contributed by atoms with Crippen LogP contribution in [0, 0.1) is 5.41 Å². The van der Waals surface area contributed by atoms with Gasteiger partial charge >= 0.3 is 0 Å². The number of rotatable bonds is 5. The van der Waals surface area contributed by atoms with Gasteiger partial charge < -0.3 is 10.3 Å². The first kappa shape index (κ1) is 14.2. The summed E-state index contributed by atoms with van der Waals surface area (Å²) in [7, 11) is -0.0269. The van der Waals surface area contributed by atoms with Gasteiger partial charge in [0, 0.05) is 33.0 Å². The first-order valence-electron chi connectivity index (χ1n) is 5.47. The Kier molecular flexibility index (Phi) is 4.01. The number of nitrogens with zero attached hydrogens (tertiary/aromatic N) is 2. The molecule has 0 aliphatic heterocycles. The second-order valence-electron chi connectivity index (χ2n) is 5.14. The second kappa shape index (κ2) is 4.80. The average Bonchev–Trinajstić information content (AvgIpc) is 2.64. The molecule has 0 saturated heterocycles. The van der Waals surface area contributed by atoms with E-state index in [1.807, 2.05) is 13.8 Å². The van der Waals surface area contributed by atoms with Crippen molar-refractivity contribution in [2.75, 3.05) is 20.1 Å². The lowest BCUT2D eigenvalue weighted by Crippen LogP contribution is -2.39. The smallest absolute Gasteiger partial charge is 0.244 e. The minimum Gasteiger partial charge on any atom is -0.356 e. The molecule has 0 aliphatic rings. The fourth-order valence-corrected chi connectivity index (χ4v) is 2.97. The maximum Gasteiger partial charge on any atom is 0.244 e. The van der Waals surface area contributed by atoms with Crippen molar-refractivity contribution >= 4 is 10.0 Å². The molecule has 6 heteroatoms. The molecule has 0 saturated carbocycles. The molecule has 5 nitrogen and oxygen atoms in total. The van der Waals surface area contributed by atoms with Gasteiger partial charge in [0.05, 0.1) is 4.90 Å². The molecule has 0 amide bonds. The summed E-state index contributed by atoms with van der Waals surface area (Å²) in [5.74, 6) is 0. The lowest BCUT2D eigenvalue weighted by molar-refractivity contribution is 0.292. The molecule has 1 aromatic rings. The van der Waals surface area contributed by atoms with Crippen LogP contribution in [0.2, 0.25) is 0 Å². The minimum atomic E-state index is -3.40. The molecule has 98 valence electrons. The third kappa shape index (κ3) is 3.31. The number of hydrogen-bond acceptors (Lipinski definition) is 3. The van der Waals surface area contributed by atoms with Crippen LogP contribution in [-0.2, 0) is 17.1 Å². The number of hydrogen-bond donors (Lipinski definition) is 1. The highest BCUT2D eigenvalue weighted by molar-refractivity contribution is 7.89. The molecular formula is C11H21N3O2S. The minimum absolute atomic E-state index is 0.226. The van der Waals surface area contributed by atoms with Crippen LogP contribution in [0.4, 0.5) is 0 Å². The normalized spacial score (nSPS) is 13.3. The molecule has 0 radical (unpaired) electrons. The Morgan fingerprint density at radius 2 is 2.06 bits per heavy atom. The van der Waals surface area contributed by atoms with Crippen LogP contribution >= 0.6 is 0 Å². The van der Waals surface area contributed by atoms with Crippen LogP contribution in [-0.4, -0.2) is 37.4 Å². The van der Waals surface area contributed by atoms with Crippen molar-refractivity contribution in [1.82, 2.24) is 8.87 Å². The zero-order valence-corrected chi connectivity index (χ0v) is 11.7. The van der Waals surface area contributed by atoms with Crippen molar-refractivity contribution in [3.63, 3.8) is 0 Å². The molecular weight excluding hydrogens is 238 g/mol. The van der Waals surface area contributed by atoms with Crippen LogP contribution in [0.25, 0.3) is 0 Å². The second-order valence-corrected chi connectivity index (χ2v) is 7.19. The Morgan fingerprint density at radius 3 is 2.47 bits per heavy atom. The topological polar surface area (TPSA) is 68.3 Å². The van der Waals surface area contributed by atoms with Gasteiger partial charge in [-0.1, -0.05) is 13.8 Å². The van der Waals surface area contributed by atoms with Crippen LogP contribution < -0.4 is 5.73 Å². The SMILES string of the molecule is CN(CC(C)(C)CN)S(=O)(=O)c1ccn(C)c1. The van der Waals surface area contributed by atoms with E-state index in [2.05, 4.69) is 0 Å². The highest BCUT2D eigenvalue weighted by Gasteiger charge is 2.27. The van der Waals surface area contributed by atoms with E-state index < -0.39 is 10.0 Å². The first-order chi connectivity index (χ1) is 7.69. The van der Waals surface area contributed by atoms with Crippen LogP contribution in [0.5, 0.6) is 0 Å². The van der Waals surface area contributed by atoms with Gasteiger partial charge in [-0.15, -0.1) is 0 Å². The summed E-state index contributed by atoms with van der Waals surface area (Å²) in [6, 6.07) is 1.60. The van der Waals surface area contributed by atoms with Gasteiger partial charge in [0.1, 0.15) is 0 Å². The van der Waals surface area contributed by atoms with Gasteiger partial charge in [-0.3, -0.25) is 0 Å². The lowest BCUT2D eigenvalue weighted by atomic mass is 9.94. The van der Waals surface area contributed by atoms with Gasteiger partial charge in [-0.05, 0) is 18.0 Å². The standard InChI is InChI=1S/C11H21N3O2S/c1-11(2,8-12)9-14(4)17(15,16)10-5-6-13(3)7-10/h5-7H,8-9,12H2,1-4H3. The zero-order chi connectivity index (χ0) is 13.3. The van der Waals surface area contributed by atoms with Crippen LogP contribution in [0.3, 0.4) is 0 Å². The van der Waals surface area contributed by atoms with Crippen molar-refractivity contribution in [2.45, 2.75) is 18.7 Å². The molecule has 0 aliphatic carbocycles. The molecule has 17 heavy (non-hydrogen) atoms. The summed E-state index contributed by atoms with van der Waals surface area (Å²) in [5.41, 5.74) is 5.39. The fourth-order valence-electron chi connectivity index (χ4n) is 1.56. The number of aromatic nitrogens is 1. The average molecular weight is 259 g/mol. The molecule has 1 aromatic heterocycles. The van der Waals surface area contributed by atoms with Gasteiger partial charge in [0.25, 0.3) is 0 Å². The third-order valence-electron chi connectivity index (χ3n) is 2.72. The maximum atomic E-state index is 12.2. The lowest BCUT2D eigenvalue weighted by Gasteiger charge is -2.28. The monoisotopic (exact) mass is 259 g/mol. The van der Waals surface area contributed by atoms with E-state index in [1.165, 1.54) is 4.31 Å². The molecule has 0 spiro atoms. The molecule has 0 aromatic carbocycles. The third-order valence-corrected chi connectivity index (χ3v) is 4.50. The van der Waals surface area contributed by atoms with E-state index in [0.29, 0.717) is 18.0 Å². The van der Waals surface area contributed by atoms with E-state index in [1.54, 1.807) is 37.1 Å². The molecule has 1 heterocycles. The van der Waals surface area contributed by atoms with E-state index in [0.717, 1.165) is 0 Å².